The zero-order chi connectivity index (χ0) is 15.4. The number of pyridine rings is 1. The molecule has 0 amide bonds. The molecule has 1 aliphatic rings. The molecule has 3 rings (SSSR count). The molecule has 1 aromatic heterocycles. The Morgan fingerprint density at radius 3 is 2.64 bits per heavy atom. The Bertz CT molecular complexity index is 576. The summed E-state index contributed by atoms with van der Waals surface area (Å²) in [5.74, 6) is -0.973. The summed E-state index contributed by atoms with van der Waals surface area (Å²) in [7, 11) is 0. The van der Waals surface area contributed by atoms with Gasteiger partial charge in [-0.15, -0.1) is 0 Å². The first kappa shape index (κ1) is 14.7. The number of aromatic nitrogens is 1. The van der Waals surface area contributed by atoms with Gasteiger partial charge in [0.1, 0.15) is 0 Å². The van der Waals surface area contributed by atoms with Crippen LogP contribution in [-0.2, 0) is 4.79 Å². The number of rotatable bonds is 4. The van der Waals surface area contributed by atoms with Crippen LogP contribution in [0.4, 0.5) is 0 Å². The van der Waals surface area contributed by atoms with Crippen molar-refractivity contribution in [2.75, 3.05) is 13.1 Å². The van der Waals surface area contributed by atoms with Gasteiger partial charge >= 0.3 is 5.97 Å². The van der Waals surface area contributed by atoms with Crippen molar-refractivity contribution in [1.82, 2.24) is 9.88 Å². The highest BCUT2D eigenvalue weighted by molar-refractivity contribution is 5.70. The quantitative estimate of drug-likeness (QED) is 0.942. The van der Waals surface area contributed by atoms with Gasteiger partial charge in [0, 0.05) is 18.9 Å². The first-order valence-corrected chi connectivity index (χ1v) is 7.67. The highest BCUT2D eigenvalue weighted by atomic mass is 16.4. The number of hydrogen-bond acceptors (Lipinski definition) is 3. The van der Waals surface area contributed by atoms with Gasteiger partial charge in [-0.05, 0) is 36.6 Å². The molecule has 0 aliphatic carbocycles. The summed E-state index contributed by atoms with van der Waals surface area (Å²) in [6, 6.07) is 14.3. The van der Waals surface area contributed by atoms with Crippen LogP contribution in [-0.4, -0.2) is 34.0 Å². The maximum Gasteiger partial charge on any atom is 0.307 e. The largest absolute Gasteiger partial charge is 0.481 e. The van der Waals surface area contributed by atoms with Gasteiger partial charge in [0.05, 0.1) is 12.0 Å². The zero-order valence-electron chi connectivity index (χ0n) is 12.4. The van der Waals surface area contributed by atoms with E-state index >= 15 is 0 Å². The van der Waals surface area contributed by atoms with E-state index in [1.165, 1.54) is 5.56 Å². The van der Waals surface area contributed by atoms with E-state index in [-0.39, 0.29) is 12.0 Å². The van der Waals surface area contributed by atoms with Gasteiger partial charge in [-0.25, -0.2) is 0 Å². The van der Waals surface area contributed by atoms with Crippen LogP contribution in [0.5, 0.6) is 0 Å². The van der Waals surface area contributed by atoms with Crippen LogP contribution in [0.15, 0.2) is 54.9 Å². The van der Waals surface area contributed by atoms with E-state index in [1.807, 2.05) is 30.5 Å². The Kier molecular flexibility index (Phi) is 4.49. The average molecular weight is 296 g/mol. The van der Waals surface area contributed by atoms with Crippen LogP contribution in [0.25, 0.3) is 0 Å². The topological polar surface area (TPSA) is 53.4 Å². The molecular formula is C18H20N2O2. The van der Waals surface area contributed by atoms with Crippen molar-refractivity contribution in [3.05, 3.63) is 66.0 Å². The molecule has 1 N–H and O–H groups in total. The first-order valence-electron chi connectivity index (χ1n) is 7.67. The predicted molar refractivity (Wildman–Crippen MR) is 84.5 cm³/mol. The molecule has 1 aromatic carbocycles. The number of likely N-dealkylation sites (tertiary alicyclic amines) is 1. The van der Waals surface area contributed by atoms with Crippen LogP contribution in [0.2, 0.25) is 0 Å². The zero-order valence-corrected chi connectivity index (χ0v) is 12.4. The Hall–Kier alpha value is -2.20. The molecule has 2 unspecified atom stereocenters. The van der Waals surface area contributed by atoms with Gasteiger partial charge in [-0.3, -0.25) is 14.7 Å². The third-order valence-corrected chi connectivity index (χ3v) is 4.28. The van der Waals surface area contributed by atoms with Gasteiger partial charge < -0.3 is 5.11 Å². The fourth-order valence-corrected chi connectivity index (χ4v) is 3.23. The van der Waals surface area contributed by atoms with Crippen LogP contribution < -0.4 is 0 Å². The number of hydrogen-bond donors (Lipinski definition) is 1. The lowest BCUT2D eigenvalue weighted by Crippen LogP contribution is -2.41. The van der Waals surface area contributed by atoms with Crippen LogP contribution in [0, 0.1) is 5.92 Å². The van der Waals surface area contributed by atoms with Crippen LogP contribution in [0.1, 0.15) is 30.0 Å². The van der Waals surface area contributed by atoms with Crippen molar-refractivity contribution >= 4 is 5.97 Å². The molecule has 2 heterocycles. The monoisotopic (exact) mass is 296 g/mol. The number of carboxylic acid groups (broad SMARTS) is 1. The summed E-state index contributed by atoms with van der Waals surface area (Å²) >= 11 is 0. The molecule has 114 valence electrons. The lowest BCUT2D eigenvalue weighted by molar-refractivity contribution is -0.143. The van der Waals surface area contributed by atoms with Gasteiger partial charge in [-0.2, -0.15) is 0 Å². The molecule has 0 bridgehead atoms. The summed E-state index contributed by atoms with van der Waals surface area (Å²) in [6.07, 6.45) is 5.32. The number of nitrogens with zero attached hydrogens (tertiary/aromatic N) is 2. The smallest absolute Gasteiger partial charge is 0.307 e. The van der Waals surface area contributed by atoms with Crippen LogP contribution in [0.3, 0.4) is 0 Å². The molecule has 1 aliphatic heterocycles. The van der Waals surface area contributed by atoms with Gasteiger partial charge in [-0.1, -0.05) is 36.4 Å². The summed E-state index contributed by atoms with van der Waals surface area (Å²) in [5, 5.41) is 9.34. The van der Waals surface area contributed by atoms with Gasteiger partial charge in [0.2, 0.25) is 0 Å². The highest BCUT2D eigenvalue weighted by Gasteiger charge is 2.31. The number of benzene rings is 1. The van der Waals surface area contributed by atoms with E-state index in [9.17, 15) is 9.90 Å². The third kappa shape index (κ3) is 3.17. The fraction of sp³-hybridized carbons (Fsp3) is 0.333. The second-order valence-electron chi connectivity index (χ2n) is 5.77. The van der Waals surface area contributed by atoms with Crippen molar-refractivity contribution in [1.29, 1.82) is 0 Å². The van der Waals surface area contributed by atoms with Crippen molar-refractivity contribution in [2.24, 2.45) is 5.92 Å². The van der Waals surface area contributed by atoms with Crippen LogP contribution >= 0.6 is 0 Å². The number of carbonyl (C=O) groups is 1. The van der Waals surface area contributed by atoms with Gasteiger partial charge in [0.25, 0.3) is 0 Å². The normalized spacial score (nSPS) is 20.5. The third-order valence-electron chi connectivity index (χ3n) is 4.28. The summed E-state index contributed by atoms with van der Waals surface area (Å²) in [4.78, 5) is 17.9. The Balaban J connectivity index is 1.94. The van der Waals surface area contributed by atoms with E-state index < -0.39 is 5.97 Å². The summed E-state index contributed by atoms with van der Waals surface area (Å²) in [5.41, 5.74) is 2.29. The van der Waals surface area contributed by atoms with E-state index in [0.29, 0.717) is 6.54 Å². The second-order valence-corrected chi connectivity index (χ2v) is 5.77. The average Bonchev–Trinajstić information content (AvgIpc) is 2.57. The number of piperidine rings is 1. The summed E-state index contributed by atoms with van der Waals surface area (Å²) < 4.78 is 0. The predicted octanol–water partition coefficient (Wildman–Crippen LogP) is 2.97. The standard InChI is InChI=1S/C18H20N2O2/c21-18(22)16-9-5-11-20(13-16)17(14-6-2-1-3-7-14)15-8-4-10-19-12-15/h1-4,6-8,10,12,16-17H,5,9,11,13H2,(H,21,22). The minimum Gasteiger partial charge on any atom is -0.481 e. The molecule has 2 aromatic rings. The minimum atomic E-state index is -0.692. The van der Waals surface area contributed by atoms with Gasteiger partial charge in [0.15, 0.2) is 0 Å². The van der Waals surface area contributed by atoms with Crippen molar-refractivity contribution < 1.29 is 9.90 Å². The Morgan fingerprint density at radius 2 is 1.95 bits per heavy atom. The maximum absolute atomic E-state index is 11.4. The fourth-order valence-electron chi connectivity index (χ4n) is 3.23. The lowest BCUT2D eigenvalue weighted by atomic mass is 9.92. The molecule has 1 fully saturated rings. The van der Waals surface area contributed by atoms with E-state index in [4.69, 9.17) is 0 Å². The molecule has 2 atom stereocenters. The molecule has 4 heteroatoms. The summed E-state index contributed by atoms with van der Waals surface area (Å²) in [6.45, 7) is 1.50. The molecule has 0 spiro atoms. The first-order chi connectivity index (χ1) is 10.8. The van der Waals surface area contributed by atoms with Crippen molar-refractivity contribution in [3.8, 4) is 0 Å². The Labute approximate surface area is 130 Å². The molecular weight excluding hydrogens is 276 g/mol. The molecule has 0 saturated carbocycles. The molecule has 1 saturated heterocycles. The van der Waals surface area contributed by atoms with Crippen molar-refractivity contribution in [3.63, 3.8) is 0 Å². The van der Waals surface area contributed by atoms with E-state index in [0.717, 1.165) is 24.9 Å². The number of carboxylic acids is 1. The second kappa shape index (κ2) is 6.71. The van der Waals surface area contributed by atoms with E-state index in [2.05, 4.69) is 28.1 Å². The Morgan fingerprint density at radius 1 is 1.18 bits per heavy atom. The SMILES string of the molecule is O=C(O)C1CCCN(C(c2ccccc2)c2cccnc2)C1. The molecule has 4 nitrogen and oxygen atoms in total. The minimum absolute atomic E-state index is 0.0667. The maximum atomic E-state index is 11.4. The lowest BCUT2D eigenvalue weighted by Gasteiger charge is -2.37. The van der Waals surface area contributed by atoms with Crippen molar-refractivity contribution in [2.45, 2.75) is 18.9 Å². The molecule has 0 radical (unpaired) electrons. The van der Waals surface area contributed by atoms with E-state index in [1.54, 1.807) is 6.20 Å². The highest BCUT2D eigenvalue weighted by Crippen LogP contribution is 2.32. The molecule has 22 heavy (non-hydrogen) atoms. The number of aliphatic carboxylic acids is 1.